The van der Waals surface area contributed by atoms with Crippen molar-refractivity contribution in [2.45, 2.75) is 25.7 Å². The summed E-state index contributed by atoms with van der Waals surface area (Å²) in [5.74, 6) is 0. The normalized spacial score (nSPS) is 15.4. The number of carbonyl (C=O) groups excluding carboxylic acids is 1. The van der Waals surface area contributed by atoms with Crippen LogP contribution in [-0.2, 0) is 0 Å². The van der Waals surface area contributed by atoms with E-state index < -0.39 is 0 Å². The molecule has 0 unspecified atom stereocenters. The average molecular weight is 198 g/mol. The molecule has 4 nitrogen and oxygen atoms in total. The van der Waals surface area contributed by atoms with Crippen molar-refractivity contribution in [3.05, 3.63) is 11.8 Å². The molecular formula is C10H18N2O2. The molecule has 0 aromatic heterocycles. The van der Waals surface area contributed by atoms with Gasteiger partial charge in [-0.2, -0.15) is 0 Å². The number of likely N-dealkylation sites (N-methyl/N-ethyl adjacent to an activating group) is 1. The maximum atomic E-state index is 11.3. The third-order valence-corrected chi connectivity index (χ3v) is 2.43. The standard InChI is InChI=1S/C10H18N2O2/c1-12(6-7-13)10(14)11-8-9-4-2-3-5-9/h8,13H,2-7H2,1H3,(H,11,14). The Balaban J connectivity index is 2.29. The predicted octanol–water partition coefficient (Wildman–Crippen LogP) is 1.08. The van der Waals surface area contributed by atoms with Gasteiger partial charge in [0.1, 0.15) is 0 Å². The molecule has 1 aliphatic rings. The number of urea groups is 1. The highest BCUT2D eigenvalue weighted by Crippen LogP contribution is 2.22. The molecule has 0 atom stereocenters. The van der Waals surface area contributed by atoms with Crippen molar-refractivity contribution in [1.29, 1.82) is 0 Å². The monoisotopic (exact) mass is 198 g/mol. The Bertz CT molecular complexity index is 218. The van der Waals surface area contributed by atoms with Gasteiger partial charge in [0.2, 0.25) is 0 Å². The van der Waals surface area contributed by atoms with Gasteiger partial charge in [-0.1, -0.05) is 5.57 Å². The molecule has 0 bridgehead atoms. The van der Waals surface area contributed by atoms with Crippen LogP contribution in [0.5, 0.6) is 0 Å². The summed E-state index contributed by atoms with van der Waals surface area (Å²) in [6.07, 6.45) is 6.47. The van der Waals surface area contributed by atoms with E-state index in [0.29, 0.717) is 6.54 Å². The number of carbonyl (C=O) groups is 1. The van der Waals surface area contributed by atoms with E-state index in [1.165, 1.54) is 23.3 Å². The molecule has 14 heavy (non-hydrogen) atoms. The van der Waals surface area contributed by atoms with Crippen LogP contribution in [0.15, 0.2) is 11.8 Å². The zero-order valence-corrected chi connectivity index (χ0v) is 8.62. The summed E-state index contributed by atoms with van der Waals surface area (Å²) in [5.41, 5.74) is 1.32. The number of nitrogens with zero attached hydrogens (tertiary/aromatic N) is 1. The summed E-state index contributed by atoms with van der Waals surface area (Å²) in [7, 11) is 1.67. The van der Waals surface area contributed by atoms with Gasteiger partial charge in [0.05, 0.1) is 6.61 Å². The smallest absolute Gasteiger partial charge is 0.321 e. The predicted molar refractivity (Wildman–Crippen MR) is 54.8 cm³/mol. The number of aliphatic hydroxyl groups is 1. The Labute approximate surface area is 84.6 Å². The fraction of sp³-hybridized carbons (Fsp3) is 0.700. The summed E-state index contributed by atoms with van der Waals surface area (Å²) >= 11 is 0. The van der Waals surface area contributed by atoms with Crippen molar-refractivity contribution in [2.24, 2.45) is 0 Å². The number of amides is 2. The van der Waals surface area contributed by atoms with Crippen molar-refractivity contribution in [3.8, 4) is 0 Å². The van der Waals surface area contributed by atoms with Gasteiger partial charge in [0.25, 0.3) is 0 Å². The van der Waals surface area contributed by atoms with Gasteiger partial charge in [-0.25, -0.2) is 4.79 Å². The zero-order chi connectivity index (χ0) is 10.4. The molecule has 1 saturated carbocycles. The van der Waals surface area contributed by atoms with Crippen LogP contribution in [0.1, 0.15) is 25.7 Å². The third kappa shape index (κ3) is 3.38. The van der Waals surface area contributed by atoms with Crippen molar-refractivity contribution in [2.75, 3.05) is 20.2 Å². The molecule has 80 valence electrons. The molecule has 2 N–H and O–H groups in total. The van der Waals surface area contributed by atoms with Crippen LogP contribution in [0.4, 0.5) is 4.79 Å². The van der Waals surface area contributed by atoms with Gasteiger partial charge < -0.3 is 15.3 Å². The van der Waals surface area contributed by atoms with Gasteiger partial charge in [-0.3, -0.25) is 0 Å². The second-order valence-corrected chi connectivity index (χ2v) is 3.60. The van der Waals surface area contributed by atoms with Gasteiger partial charge in [0, 0.05) is 19.8 Å². The minimum atomic E-state index is -0.154. The van der Waals surface area contributed by atoms with Crippen LogP contribution in [0, 0.1) is 0 Å². The van der Waals surface area contributed by atoms with Gasteiger partial charge in [0.15, 0.2) is 0 Å². The molecular weight excluding hydrogens is 180 g/mol. The largest absolute Gasteiger partial charge is 0.395 e. The first-order valence-corrected chi connectivity index (χ1v) is 5.04. The Morgan fingerprint density at radius 2 is 2.21 bits per heavy atom. The van der Waals surface area contributed by atoms with Crippen LogP contribution in [0.2, 0.25) is 0 Å². The lowest BCUT2D eigenvalue weighted by Crippen LogP contribution is -2.36. The lowest BCUT2D eigenvalue weighted by atomic mass is 10.2. The highest BCUT2D eigenvalue weighted by atomic mass is 16.3. The van der Waals surface area contributed by atoms with E-state index in [-0.39, 0.29) is 12.6 Å². The van der Waals surface area contributed by atoms with E-state index in [1.54, 1.807) is 7.05 Å². The fourth-order valence-corrected chi connectivity index (χ4v) is 1.50. The summed E-state index contributed by atoms with van der Waals surface area (Å²) in [6.45, 7) is 0.371. The molecule has 0 saturated heterocycles. The van der Waals surface area contributed by atoms with E-state index >= 15 is 0 Å². The maximum Gasteiger partial charge on any atom is 0.321 e. The molecule has 4 heteroatoms. The summed E-state index contributed by atoms with van der Waals surface area (Å²) in [4.78, 5) is 12.8. The fourth-order valence-electron chi connectivity index (χ4n) is 1.50. The average Bonchev–Trinajstić information content (AvgIpc) is 2.67. The first-order valence-electron chi connectivity index (χ1n) is 5.04. The number of hydrogen-bond acceptors (Lipinski definition) is 2. The molecule has 1 rings (SSSR count). The first kappa shape index (κ1) is 11.0. The Hall–Kier alpha value is -1.03. The second kappa shape index (κ2) is 5.65. The molecule has 1 fully saturated rings. The molecule has 2 amide bonds. The molecule has 0 aromatic carbocycles. The van der Waals surface area contributed by atoms with Crippen LogP contribution >= 0.6 is 0 Å². The van der Waals surface area contributed by atoms with E-state index in [1.807, 2.05) is 6.20 Å². The number of nitrogens with one attached hydrogen (secondary N) is 1. The highest BCUT2D eigenvalue weighted by Gasteiger charge is 2.08. The molecule has 0 radical (unpaired) electrons. The first-order chi connectivity index (χ1) is 6.74. The summed E-state index contributed by atoms with van der Waals surface area (Å²) in [5, 5.41) is 11.4. The number of hydrogen-bond donors (Lipinski definition) is 2. The minimum absolute atomic E-state index is 0.000488. The Morgan fingerprint density at radius 3 is 2.79 bits per heavy atom. The van der Waals surface area contributed by atoms with E-state index in [9.17, 15) is 4.79 Å². The second-order valence-electron chi connectivity index (χ2n) is 3.60. The van der Waals surface area contributed by atoms with E-state index in [2.05, 4.69) is 5.32 Å². The lowest BCUT2D eigenvalue weighted by molar-refractivity contribution is 0.193. The maximum absolute atomic E-state index is 11.3. The molecule has 0 heterocycles. The van der Waals surface area contributed by atoms with Crippen LogP contribution in [0.3, 0.4) is 0 Å². The van der Waals surface area contributed by atoms with Gasteiger partial charge in [-0.15, -0.1) is 0 Å². The van der Waals surface area contributed by atoms with Crippen LogP contribution in [-0.4, -0.2) is 36.2 Å². The van der Waals surface area contributed by atoms with Crippen molar-refractivity contribution < 1.29 is 9.90 Å². The van der Waals surface area contributed by atoms with Gasteiger partial charge >= 0.3 is 6.03 Å². The highest BCUT2D eigenvalue weighted by molar-refractivity contribution is 5.74. The molecule has 1 aliphatic carbocycles. The summed E-state index contributed by atoms with van der Waals surface area (Å²) < 4.78 is 0. The number of rotatable bonds is 3. The lowest BCUT2D eigenvalue weighted by Gasteiger charge is -2.14. The molecule has 0 aliphatic heterocycles. The summed E-state index contributed by atoms with van der Waals surface area (Å²) in [6, 6.07) is -0.154. The topological polar surface area (TPSA) is 52.6 Å². The molecule has 0 spiro atoms. The Kier molecular flexibility index (Phi) is 4.46. The van der Waals surface area contributed by atoms with Crippen molar-refractivity contribution in [1.82, 2.24) is 10.2 Å². The van der Waals surface area contributed by atoms with Gasteiger partial charge in [-0.05, 0) is 25.7 Å². The van der Waals surface area contributed by atoms with Crippen molar-refractivity contribution in [3.63, 3.8) is 0 Å². The minimum Gasteiger partial charge on any atom is -0.395 e. The van der Waals surface area contributed by atoms with Crippen molar-refractivity contribution >= 4 is 6.03 Å². The van der Waals surface area contributed by atoms with Crippen LogP contribution in [0.25, 0.3) is 0 Å². The SMILES string of the molecule is CN(CCO)C(=O)NC=C1CCCC1. The molecule has 0 aromatic rings. The van der Waals surface area contributed by atoms with E-state index in [0.717, 1.165) is 12.8 Å². The zero-order valence-electron chi connectivity index (χ0n) is 8.62. The van der Waals surface area contributed by atoms with Crippen LogP contribution < -0.4 is 5.32 Å². The number of allylic oxidation sites excluding steroid dienone is 1. The quantitative estimate of drug-likeness (QED) is 0.713. The third-order valence-electron chi connectivity index (χ3n) is 2.43. The van der Waals surface area contributed by atoms with E-state index in [4.69, 9.17) is 5.11 Å². The Morgan fingerprint density at radius 1 is 1.57 bits per heavy atom. The number of aliphatic hydroxyl groups excluding tert-OH is 1.